The molecule has 9 heteroatoms. The average Bonchev–Trinajstić information content (AvgIpc) is 3.65. The van der Waals surface area contributed by atoms with Crippen LogP contribution in [0.1, 0.15) is 47.8 Å². The van der Waals surface area contributed by atoms with Gasteiger partial charge in [0.15, 0.2) is 0 Å². The molecule has 2 atom stereocenters. The number of para-hydroxylation sites is 2. The number of nitrogens with two attached hydrogens (primary N) is 1. The molecular weight excluding hydrogens is 522 g/mol. The number of nitrogens with one attached hydrogen (secondary N) is 1. The van der Waals surface area contributed by atoms with Gasteiger partial charge in [-0.3, -0.25) is 9.59 Å². The number of thiophene rings is 1. The molecule has 2 amide bonds. The third-order valence-electron chi connectivity index (χ3n) is 7.47. The Kier molecular flexibility index (Phi) is 9.26. The topological polar surface area (TPSA) is 102 Å². The van der Waals surface area contributed by atoms with Crippen molar-refractivity contribution in [1.82, 2.24) is 19.8 Å². The molecule has 40 heavy (non-hydrogen) atoms. The van der Waals surface area contributed by atoms with Crippen LogP contribution in [0, 0.1) is 0 Å². The molecule has 1 aliphatic rings. The second-order valence-corrected chi connectivity index (χ2v) is 11.3. The lowest BCUT2D eigenvalue weighted by molar-refractivity contribution is -0.132. The van der Waals surface area contributed by atoms with Crippen LogP contribution < -0.4 is 11.1 Å². The zero-order chi connectivity index (χ0) is 27.9. The fourth-order valence-corrected chi connectivity index (χ4v) is 6.14. The Morgan fingerprint density at radius 3 is 2.75 bits per heavy atom. The number of likely N-dealkylation sites (tertiary alicyclic amines) is 1. The number of rotatable bonds is 11. The van der Waals surface area contributed by atoms with Crippen molar-refractivity contribution in [3.8, 4) is 10.4 Å². The van der Waals surface area contributed by atoms with E-state index in [0.29, 0.717) is 18.7 Å². The van der Waals surface area contributed by atoms with Gasteiger partial charge in [-0.2, -0.15) is 0 Å². The number of fused-ring (bicyclic) bond motifs is 1. The van der Waals surface area contributed by atoms with Gasteiger partial charge in [-0.05, 0) is 60.5 Å². The Bertz CT molecular complexity index is 1420. The fourth-order valence-electron chi connectivity index (χ4n) is 5.40. The number of methoxy groups -OCH3 is 1. The zero-order valence-electron chi connectivity index (χ0n) is 22.9. The van der Waals surface area contributed by atoms with E-state index in [1.54, 1.807) is 18.4 Å². The molecule has 210 valence electrons. The molecule has 8 nitrogen and oxygen atoms in total. The molecule has 4 aromatic rings. The minimum atomic E-state index is -0.458. The standard InChI is InChI=1S/C31H37N5O3S/c1-39-17-6-16-36-27-9-3-2-8-26(27)34-30(36)24-7-4-15-35(21-24)29(37)19-25(32)20-33-31(38)23-13-11-22(12-14-23)28-10-5-18-40-28/h2-3,5,8-14,18,24-25H,4,6-7,15-17,19-21,32H2,1H3,(H,33,38)/t24-,25+/m1/s1. The summed E-state index contributed by atoms with van der Waals surface area (Å²) in [5, 5.41) is 4.92. The van der Waals surface area contributed by atoms with Crippen LogP contribution in [-0.4, -0.2) is 65.7 Å². The van der Waals surface area contributed by atoms with Crippen molar-refractivity contribution in [2.45, 2.75) is 44.2 Å². The van der Waals surface area contributed by atoms with Crippen LogP contribution in [0.3, 0.4) is 0 Å². The van der Waals surface area contributed by atoms with Gasteiger partial charge in [0.1, 0.15) is 5.82 Å². The lowest BCUT2D eigenvalue weighted by atomic mass is 9.96. The number of carbonyl (C=O) groups is 2. The summed E-state index contributed by atoms with van der Waals surface area (Å²) >= 11 is 1.66. The smallest absolute Gasteiger partial charge is 0.251 e. The maximum atomic E-state index is 13.2. The number of hydrogen-bond acceptors (Lipinski definition) is 6. The monoisotopic (exact) mass is 559 g/mol. The summed E-state index contributed by atoms with van der Waals surface area (Å²) in [5.41, 5.74) is 10.1. The van der Waals surface area contributed by atoms with Gasteiger partial charge in [-0.1, -0.05) is 30.3 Å². The normalized spacial score (nSPS) is 16.2. The van der Waals surface area contributed by atoms with Crippen LogP contribution in [-0.2, 0) is 16.1 Å². The molecule has 0 bridgehead atoms. The highest BCUT2D eigenvalue weighted by Gasteiger charge is 2.29. The van der Waals surface area contributed by atoms with Crippen molar-refractivity contribution < 1.29 is 14.3 Å². The molecule has 3 N–H and O–H groups in total. The van der Waals surface area contributed by atoms with E-state index in [1.807, 2.05) is 58.8 Å². The molecule has 5 rings (SSSR count). The SMILES string of the molecule is COCCCn1c([C@@H]2CCCN(C(=O)C[C@H](N)CNC(=O)c3ccc(-c4cccs4)cc3)C2)nc2ccccc21. The van der Waals surface area contributed by atoms with Gasteiger partial charge in [-0.25, -0.2) is 4.98 Å². The van der Waals surface area contributed by atoms with E-state index >= 15 is 0 Å². The summed E-state index contributed by atoms with van der Waals surface area (Å²) in [6.45, 7) is 3.10. The molecule has 2 aromatic heterocycles. The average molecular weight is 560 g/mol. The fraction of sp³-hybridized carbons (Fsp3) is 0.387. The largest absolute Gasteiger partial charge is 0.385 e. The molecule has 3 heterocycles. The third kappa shape index (κ3) is 6.60. The number of piperidine rings is 1. The maximum absolute atomic E-state index is 13.2. The Morgan fingerprint density at radius 2 is 1.98 bits per heavy atom. The van der Waals surface area contributed by atoms with Crippen LogP contribution in [0.15, 0.2) is 66.0 Å². The number of ether oxygens (including phenoxy) is 1. The molecule has 0 radical (unpaired) electrons. The molecule has 1 saturated heterocycles. The third-order valence-corrected chi connectivity index (χ3v) is 8.39. The Balaban J connectivity index is 1.16. The van der Waals surface area contributed by atoms with Crippen molar-refractivity contribution >= 4 is 34.2 Å². The van der Waals surface area contributed by atoms with Crippen LogP contribution >= 0.6 is 11.3 Å². The first kappa shape index (κ1) is 28.0. The second kappa shape index (κ2) is 13.2. The Labute approximate surface area is 239 Å². The number of amides is 2. The molecule has 0 aliphatic carbocycles. The first-order valence-electron chi connectivity index (χ1n) is 13.9. The zero-order valence-corrected chi connectivity index (χ0v) is 23.7. The van der Waals surface area contributed by atoms with Crippen LogP contribution in [0.4, 0.5) is 0 Å². The summed E-state index contributed by atoms with van der Waals surface area (Å²) in [6.07, 6.45) is 3.00. The highest BCUT2D eigenvalue weighted by Crippen LogP contribution is 2.30. The van der Waals surface area contributed by atoms with Gasteiger partial charge in [0.2, 0.25) is 5.91 Å². The van der Waals surface area contributed by atoms with Crippen molar-refractivity contribution in [3.05, 3.63) is 77.4 Å². The number of nitrogens with zero attached hydrogens (tertiary/aromatic N) is 3. The van der Waals surface area contributed by atoms with E-state index in [0.717, 1.165) is 59.7 Å². The molecular formula is C31H37N5O3S. The summed E-state index contributed by atoms with van der Waals surface area (Å²) in [4.78, 5) is 33.9. The molecule has 0 spiro atoms. The van der Waals surface area contributed by atoms with Crippen molar-refractivity contribution in [1.29, 1.82) is 0 Å². The van der Waals surface area contributed by atoms with Crippen LogP contribution in [0.5, 0.6) is 0 Å². The number of imidazole rings is 1. The maximum Gasteiger partial charge on any atom is 0.251 e. The van der Waals surface area contributed by atoms with E-state index in [-0.39, 0.29) is 30.7 Å². The van der Waals surface area contributed by atoms with Crippen LogP contribution in [0.2, 0.25) is 0 Å². The predicted octanol–water partition coefficient (Wildman–Crippen LogP) is 4.65. The molecule has 1 aliphatic heterocycles. The van der Waals surface area contributed by atoms with Crippen molar-refractivity contribution in [3.63, 3.8) is 0 Å². The lowest BCUT2D eigenvalue weighted by Gasteiger charge is -2.33. The van der Waals surface area contributed by atoms with E-state index in [4.69, 9.17) is 15.5 Å². The predicted molar refractivity (Wildman–Crippen MR) is 159 cm³/mol. The second-order valence-electron chi connectivity index (χ2n) is 10.4. The minimum Gasteiger partial charge on any atom is -0.385 e. The van der Waals surface area contributed by atoms with Gasteiger partial charge in [-0.15, -0.1) is 11.3 Å². The number of benzene rings is 2. The van der Waals surface area contributed by atoms with Gasteiger partial charge >= 0.3 is 0 Å². The van der Waals surface area contributed by atoms with Gasteiger partial charge in [0.25, 0.3) is 5.91 Å². The minimum absolute atomic E-state index is 0.0220. The highest BCUT2D eigenvalue weighted by atomic mass is 32.1. The Morgan fingerprint density at radius 1 is 1.15 bits per heavy atom. The molecule has 2 aromatic carbocycles. The molecule has 0 unspecified atom stereocenters. The number of aromatic nitrogens is 2. The Hall–Kier alpha value is -3.53. The summed E-state index contributed by atoms with van der Waals surface area (Å²) < 4.78 is 7.57. The van der Waals surface area contributed by atoms with Crippen molar-refractivity contribution in [2.24, 2.45) is 5.73 Å². The van der Waals surface area contributed by atoms with E-state index in [2.05, 4.69) is 22.0 Å². The molecule has 1 fully saturated rings. The number of carbonyl (C=O) groups excluding carboxylic acids is 2. The van der Waals surface area contributed by atoms with E-state index in [9.17, 15) is 9.59 Å². The summed E-state index contributed by atoms with van der Waals surface area (Å²) in [7, 11) is 1.72. The van der Waals surface area contributed by atoms with Crippen molar-refractivity contribution in [2.75, 3.05) is 33.4 Å². The lowest BCUT2D eigenvalue weighted by Crippen LogP contribution is -2.45. The van der Waals surface area contributed by atoms with Gasteiger partial charge in [0.05, 0.1) is 11.0 Å². The van der Waals surface area contributed by atoms with E-state index < -0.39 is 6.04 Å². The first-order chi connectivity index (χ1) is 19.5. The molecule has 0 saturated carbocycles. The summed E-state index contributed by atoms with van der Waals surface area (Å²) in [5.74, 6) is 1.04. The number of aryl methyl sites for hydroxylation is 1. The first-order valence-corrected chi connectivity index (χ1v) is 14.8. The van der Waals surface area contributed by atoms with Gasteiger partial charge < -0.3 is 25.3 Å². The number of hydrogen-bond donors (Lipinski definition) is 2. The quantitative estimate of drug-likeness (QED) is 0.260. The van der Waals surface area contributed by atoms with Crippen LogP contribution in [0.25, 0.3) is 21.5 Å². The summed E-state index contributed by atoms with van der Waals surface area (Å²) in [6, 6.07) is 19.3. The van der Waals surface area contributed by atoms with Gasteiger partial charge in [0, 0.05) is 68.7 Å². The van der Waals surface area contributed by atoms with E-state index in [1.165, 1.54) is 0 Å². The highest BCUT2D eigenvalue weighted by molar-refractivity contribution is 7.13.